The van der Waals surface area contributed by atoms with Crippen LogP contribution in [-0.2, 0) is 0 Å². The molecule has 0 radical (unpaired) electrons. The Kier molecular flexibility index (Phi) is 4.24. The minimum atomic E-state index is -1.21. The Hall–Kier alpha value is -0.240. The summed E-state index contributed by atoms with van der Waals surface area (Å²) in [7, 11) is 0. The van der Waals surface area contributed by atoms with Gasteiger partial charge in [0.15, 0.2) is 0 Å². The van der Waals surface area contributed by atoms with Gasteiger partial charge in [0.2, 0.25) is 0 Å². The van der Waals surface area contributed by atoms with E-state index in [0.29, 0.717) is 0 Å². The van der Waals surface area contributed by atoms with E-state index < -0.39 is 37.1 Å². The fourth-order valence-electron chi connectivity index (χ4n) is 1.54. The van der Waals surface area contributed by atoms with Crippen LogP contribution in [0.1, 0.15) is 6.42 Å². The molecule has 1 aliphatic heterocycles. The van der Waals surface area contributed by atoms with Crippen LogP contribution in [0, 0.1) is 0 Å². The van der Waals surface area contributed by atoms with E-state index in [1.165, 1.54) is 0 Å². The summed E-state index contributed by atoms with van der Waals surface area (Å²) in [4.78, 5) is 0. The van der Waals surface area contributed by atoms with Crippen LogP contribution in [0.5, 0.6) is 0 Å². The van der Waals surface area contributed by atoms with E-state index in [-0.39, 0.29) is 13.0 Å². The monoisotopic (exact) mass is 207 g/mol. The van der Waals surface area contributed by atoms with Gasteiger partial charge < -0.3 is 30.8 Å². The first-order valence-electron chi connectivity index (χ1n) is 4.62. The first kappa shape index (κ1) is 11.8. The predicted molar refractivity (Wildman–Crippen MR) is 47.5 cm³/mol. The summed E-state index contributed by atoms with van der Waals surface area (Å²) in [6.45, 7) is -0.250. The molecule has 1 fully saturated rings. The van der Waals surface area contributed by atoms with E-state index in [2.05, 4.69) is 5.32 Å². The fraction of sp³-hybridized carbons (Fsp3) is 1.00. The topological polar surface area (TPSA) is 113 Å². The highest BCUT2D eigenvalue weighted by atomic mass is 16.4. The summed E-state index contributed by atoms with van der Waals surface area (Å²) >= 11 is 0. The third-order valence-corrected chi connectivity index (χ3v) is 2.52. The molecule has 1 saturated heterocycles. The molecule has 0 aromatic carbocycles. The van der Waals surface area contributed by atoms with Gasteiger partial charge >= 0.3 is 0 Å². The number of β-amino-alcohol motifs (C(OH)–C–C–N with tert-alkyl or cyclic N) is 1. The molecule has 0 aromatic rings. The van der Waals surface area contributed by atoms with Crippen molar-refractivity contribution in [2.75, 3.05) is 13.2 Å². The van der Waals surface area contributed by atoms with Crippen LogP contribution in [0.2, 0.25) is 0 Å². The Morgan fingerprint density at radius 1 is 1.21 bits per heavy atom. The smallest absolute Gasteiger partial charge is 0.103 e. The van der Waals surface area contributed by atoms with Gasteiger partial charge in [-0.2, -0.15) is 0 Å². The van der Waals surface area contributed by atoms with E-state index in [1.54, 1.807) is 0 Å². The Morgan fingerprint density at radius 3 is 2.29 bits per heavy atom. The standard InChI is InChI=1S/C8H17NO5/c10-3-7(13)5(11)1-4-8(14)6(12)2-9-4/h4-14H,1-3H2/t4-,5-,6-,7-,8+/m0/s1. The second-order valence-corrected chi connectivity index (χ2v) is 3.63. The molecule has 0 spiro atoms. The molecule has 0 amide bonds. The van der Waals surface area contributed by atoms with E-state index in [1.807, 2.05) is 0 Å². The molecule has 1 rings (SSSR count). The molecular formula is C8H17NO5. The lowest BCUT2D eigenvalue weighted by molar-refractivity contribution is -0.0322. The lowest BCUT2D eigenvalue weighted by Crippen LogP contribution is -2.40. The van der Waals surface area contributed by atoms with Crippen LogP contribution in [-0.4, -0.2) is 69.1 Å². The van der Waals surface area contributed by atoms with Gasteiger partial charge in [-0.1, -0.05) is 0 Å². The zero-order chi connectivity index (χ0) is 10.7. The molecule has 6 nitrogen and oxygen atoms in total. The van der Waals surface area contributed by atoms with E-state index in [4.69, 9.17) is 10.2 Å². The molecule has 6 N–H and O–H groups in total. The first-order valence-corrected chi connectivity index (χ1v) is 4.62. The number of aliphatic hydroxyl groups excluding tert-OH is 5. The van der Waals surface area contributed by atoms with Gasteiger partial charge in [-0.15, -0.1) is 0 Å². The van der Waals surface area contributed by atoms with Crippen molar-refractivity contribution in [3.8, 4) is 0 Å². The third-order valence-electron chi connectivity index (χ3n) is 2.52. The van der Waals surface area contributed by atoms with Crippen molar-refractivity contribution in [3.05, 3.63) is 0 Å². The minimum absolute atomic E-state index is 0.0972. The summed E-state index contributed by atoms with van der Waals surface area (Å²) in [6, 6.07) is -0.443. The van der Waals surface area contributed by atoms with Crippen molar-refractivity contribution in [3.63, 3.8) is 0 Å². The summed E-state index contributed by atoms with van der Waals surface area (Å²) in [5, 5.41) is 48.3. The highest BCUT2D eigenvalue weighted by Crippen LogP contribution is 2.14. The van der Waals surface area contributed by atoms with Crippen molar-refractivity contribution in [1.82, 2.24) is 5.32 Å². The van der Waals surface area contributed by atoms with E-state index in [9.17, 15) is 15.3 Å². The van der Waals surface area contributed by atoms with E-state index in [0.717, 1.165) is 0 Å². The molecule has 1 aliphatic rings. The first-order chi connectivity index (χ1) is 6.56. The fourth-order valence-corrected chi connectivity index (χ4v) is 1.54. The molecule has 0 aromatic heterocycles. The van der Waals surface area contributed by atoms with Gasteiger partial charge in [0.25, 0.3) is 0 Å². The molecule has 6 heteroatoms. The van der Waals surface area contributed by atoms with Crippen molar-refractivity contribution in [1.29, 1.82) is 0 Å². The van der Waals surface area contributed by atoms with Crippen LogP contribution in [0.3, 0.4) is 0 Å². The van der Waals surface area contributed by atoms with Crippen LogP contribution in [0.4, 0.5) is 0 Å². The van der Waals surface area contributed by atoms with Gasteiger partial charge in [0.05, 0.1) is 24.9 Å². The number of rotatable bonds is 4. The normalized spacial score (nSPS) is 37.1. The highest BCUT2D eigenvalue weighted by Gasteiger charge is 2.35. The second-order valence-electron chi connectivity index (χ2n) is 3.63. The van der Waals surface area contributed by atoms with Gasteiger partial charge in [-0.3, -0.25) is 0 Å². The Morgan fingerprint density at radius 2 is 1.86 bits per heavy atom. The van der Waals surface area contributed by atoms with E-state index >= 15 is 0 Å². The summed E-state index contributed by atoms with van der Waals surface area (Å²) < 4.78 is 0. The van der Waals surface area contributed by atoms with Crippen molar-refractivity contribution in [2.24, 2.45) is 0 Å². The van der Waals surface area contributed by atoms with Crippen LogP contribution >= 0.6 is 0 Å². The number of nitrogens with one attached hydrogen (secondary N) is 1. The molecule has 5 atom stereocenters. The van der Waals surface area contributed by atoms with Gasteiger partial charge in [-0.25, -0.2) is 0 Å². The molecule has 0 aliphatic carbocycles. The molecule has 0 unspecified atom stereocenters. The maximum atomic E-state index is 9.39. The average Bonchev–Trinajstić information content (AvgIpc) is 2.48. The molecule has 14 heavy (non-hydrogen) atoms. The summed E-state index contributed by atoms with van der Waals surface area (Å²) in [5.74, 6) is 0. The lowest BCUT2D eigenvalue weighted by Gasteiger charge is -2.22. The zero-order valence-corrected chi connectivity index (χ0v) is 7.74. The SMILES string of the molecule is OC[C@H](O)[C@@H](O)C[C@@H]1NC[C@H](O)[C@@H]1O. The Labute approximate surface area is 81.8 Å². The molecule has 0 saturated carbocycles. The quantitative estimate of drug-likeness (QED) is 0.289. The van der Waals surface area contributed by atoms with Crippen LogP contribution < -0.4 is 5.32 Å². The highest BCUT2D eigenvalue weighted by molar-refractivity contribution is 4.92. The zero-order valence-electron chi connectivity index (χ0n) is 7.74. The predicted octanol–water partition coefficient (Wildman–Crippen LogP) is -3.22. The average molecular weight is 207 g/mol. The van der Waals surface area contributed by atoms with Crippen LogP contribution in [0.25, 0.3) is 0 Å². The number of hydrogen-bond acceptors (Lipinski definition) is 6. The molecular weight excluding hydrogens is 190 g/mol. The minimum Gasteiger partial charge on any atom is -0.394 e. The molecule has 0 bridgehead atoms. The van der Waals surface area contributed by atoms with Crippen molar-refractivity contribution in [2.45, 2.75) is 36.9 Å². The Bertz CT molecular complexity index is 179. The molecule has 84 valence electrons. The molecule has 1 heterocycles. The lowest BCUT2D eigenvalue weighted by atomic mass is 10.0. The third kappa shape index (κ3) is 2.63. The van der Waals surface area contributed by atoms with Gasteiger partial charge in [0, 0.05) is 12.6 Å². The number of hydrogen-bond donors (Lipinski definition) is 6. The maximum absolute atomic E-state index is 9.39. The Balaban J connectivity index is 2.37. The largest absolute Gasteiger partial charge is 0.394 e. The number of aliphatic hydroxyl groups is 5. The maximum Gasteiger partial charge on any atom is 0.103 e. The van der Waals surface area contributed by atoms with Gasteiger partial charge in [0.1, 0.15) is 6.10 Å². The van der Waals surface area contributed by atoms with Crippen molar-refractivity contribution < 1.29 is 25.5 Å². The summed E-state index contributed by atoms with van der Waals surface area (Å²) in [5.41, 5.74) is 0. The van der Waals surface area contributed by atoms with Crippen molar-refractivity contribution >= 4 is 0 Å². The summed E-state index contributed by atoms with van der Waals surface area (Å²) in [6.07, 6.45) is -3.98. The second kappa shape index (κ2) is 5.01. The van der Waals surface area contributed by atoms with Gasteiger partial charge in [-0.05, 0) is 6.42 Å². The van der Waals surface area contributed by atoms with Crippen LogP contribution in [0.15, 0.2) is 0 Å².